The van der Waals surface area contributed by atoms with Crippen LogP contribution in [0.4, 0.5) is 24.5 Å². The van der Waals surface area contributed by atoms with Gasteiger partial charge in [-0.3, -0.25) is 0 Å². The fraction of sp³-hybridized carbons (Fsp3) is 0.0400. The number of nitrogens with zero attached hydrogens (tertiary/aromatic N) is 1. The quantitative estimate of drug-likeness (QED) is 0.395. The van der Waals surface area contributed by atoms with Crippen molar-refractivity contribution in [3.8, 4) is 11.1 Å². The Hall–Kier alpha value is -3.47. The van der Waals surface area contributed by atoms with E-state index < -0.39 is 18.6 Å². The molecule has 1 aliphatic rings. The van der Waals surface area contributed by atoms with Crippen LogP contribution in [0.2, 0.25) is 0 Å². The van der Waals surface area contributed by atoms with Crippen LogP contribution in [0, 0.1) is 0 Å². The zero-order valence-corrected chi connectivity index (χ0v) is 16.0. The van der Waals surface area contributed by atoms with Gasteiger partial charge in [-0.25, -0.2) is 0 Å². The Balaban J connectivity index is 1.85. The predicted molar refractivity (Wildman–Crippen MR) is 117 cm³/mol. The van der Waals surface area contributed by atoms with Crippen molar-refractivity contribution in [3.05, 3.63) is 109 Å². The van der Waals surface area contributed by atoms with E-state index >= 15 is 0 Å². The summed E-state index contributed by atoms with van der Waals surface area (Å²) in [4.78, 5) is 2.02. The predicted octanol–water partition coefficient (Wildman–Crippen LogP) is 5.63. The largest absolute Gasteiger partial charge is 0.415 e. The molecule has 30 heavy (non-hydrogen) atoms. The summed E-state index contributed by atoms with van der Waals surface area (Å²) in [6, 6.07) is 31.1. The van der Waals surface area contributed by atoms with E-state index in [1.165, 1.54) is 12.1 Å². The van der Waals surface area contributed by atoms with Crippen molar-refractivity contribution >= 4 is 29.1 Å². The van der Waals surface area contributed by atoms with Gasteiger partial charge < -0.3 is 4.81 Å². The van der Waals surface area contributed by atoms with Crippen LogP contribution < -0.4 is 15.7 Å². The number of halogens is 3. The van der Waals surface area contributed by atoms with Crippen molar-refractivity contribution in [2.45, 2.75) is 6.18 Å². The molecule has 0 saturated carbocycles. The van der Waals surface area contributed by atoms with Crippen LogP contribution >= 0.6 is 0 Å². The Labute approximate surface area is 173 Å². The number of benzene rings is 4. The highest BCUT2D eigenvalue weighted by atomic mass is 19.4. The van der Waals surface area contributed by atoms with Gasteiger partial charge >= 0.3 is 13.0 Å². The fourth-order valence-corrected chi connectivity index (χ4v) is 4.35. The first-order valence-corrected chi connectivity index (χ1v) is 9.74. The molecule has 146 valence electrons. The molecule has 1 aliphatic heterocycles. The van der Waals surface area contributed by atoms with E-state index in [0.717, 1.165) is 28.0 Å². The molecule has 1 heterocycles. The highest BCUT2D eigenvalue weighted by molar-refractivity contribution is 6.91. The molecule has 0 saturated heterocycles. The third kappa shape index (κ3) is 2.98. The van der Waals surface area contributed by atoms with Crippen molar-refractivity contribution < 1.29 is 13.2 Å². The lowest BCUT2D eigenvalue weighted by molar-refractivity contribution is -0.136. The minimum absolute atomic E-state index is 0.246. The molecule has 0 fully saturated rings. The molecule has 0 radical (unpaired) electrons. The minimum Gasteiger partial charge on any atom is -0.376 e. The second-order valence-electron chi connectivity index (χ2n) is 7.30. The van der Waals surface area contributed by atoms with Gasteiger partial charge in [-0.05, 0) is 34.7 Å². The minimum atomic E-state index is -4.44. The second kappa shape index (κ2) is 7.10. The number of anilines is 2. The highest BCUT2D eigenvalue weighted by Gasteiger charge is 2.42. The van der Waals surface area contributed by atoms with E-state index in [0.29, 0.717) is 0 Å². The number of para-hydroxylation sites is 2. The summed E-state index contributed by atoms with van der Waals surface area (Å²) in [5.74, 6) is 0. The molecule has 5 rings (SSSR count). The van der Waals surface area contributed by atoms with Gasteiger partial charge in [0.2, 0.25) is 0 Å². The van der Waals surface area contributed by atoms with Crippen LogP contribution in [-0.4, -0.2) is 6.85 Å². The van der Waals surface area contributed by atoms with E-state index in [4.69, 9.17) is 0 Å². The van der Waals surface area contributed by atoms with Crippen molar-refractivity contribution in [2.24, 2.45) is 0 Å². The summed E-state index contributed by atoms with van der Waals surface area (Å²) in [5.41, 5.74) is 4.21. The van der Waals surface area contributed by atoms with Gasteiger partial charge in [-0.2, -0.15) is 13.2 Å². The van der Waals surface area contributed by atoms with Crippen LogP contribution in [0.25, 0.3) is 11.1 Å². The van der Waals surface area contributed by atoms with Gasteiger partial charge in [-0.15, -0.1) is 0 Å². The fourth-order valence-electron chi connectivity index (χ4n) is 4.35. The summed E-state index contributed by atoms with van der Waals surface area (Å²) in [6.45, 7) is -0.601. The maximum Gasteiger partial charge on any atom is 0.415 e. The Morgan fingerprint density at radius 3 is 1.87 bits per heavy atom. The third-order valence-corrected chi connectivity index (χ3v) is 5.56. The van der Waals surface area contributed by atoms with Crippen LogP contribution in [0.1, 0.15) is 5.56 Å². The van der Waals surface area contributed by atoms with Gasteiger partial charge in [0.25, 0.3) is 0 Å². The molecule has 0 amide bonds. The Morgan fingerprint density at radius 1 is 0.567 bits per heavy atom. The zero-order valence-electron chi connectivity index (χ0n) is 16.0. The lowest BCUT2D eigenvalue weighted by atomic mass is 9.45. The summed E-state index contributed by atoms with van der Waals surface area (Å²) in [6.07, 6.45) is -4.44. The van der Waals surface area contributed by atoms with Crippen LogP contribution in [0.3, 0.4) is 0 Å². The molecular weight excluding hydrogens is 382 g/mol. The third-order valence-electron chi connectivity index (χ3n) is 5.56. The maximum atomic E-state index is 14.0. The van der Waals surface area contributed by atoms with Gasteiger partial charge in [0.15, 0.2) is 0 Å². The number of hydrogen-bond acceptors (Lipinski definition) is 1. The second-order valence-corrected chi connectivity index (χ2v) is 7.30. The maximum absolute atomic E-state index is 14.0. The molecule has 5 heteroatoms. The summed E-state index contributed by atoms with van der Waals surface area (Å²) in [7, 11) is 0. The van der Waals surface area contributed by atoms with E-state index in [1.54, 1.807) is 12.1 Å². The SMILES string of the molecule is FC(F)(F)c1ccccc1B1c2ccccc2-c2ccccc2N1c1ccccc1. The number of alkyl halides is 3. The molecule has 0 atom stereocenters. The molecule has 4 aromatic carbocycles. The molecule has 0 spiro atoms. The average molecular weight is 399 g/mol. The van der Waals surface area contributed by atoms with Crippen molar-refractivity contribution in [3.63, 3.8) is 0 Å². The number of fused-ring (bicyclic) bond motifs is 3. The van der Waals surface area contributed by atoms with Crippen LogP contribution in [0.5, 0.6) is 0 Å². The van der Waals surface area contributed by atoms with E-state index in [2.05, 4.69) is 0 Å². The lowest BCUT2D eigenvalue weighted by Gasteiger charge is -2.39. The molecular formula is C25H17BF3N. The van der Waals surface area contributed by atoms with Crippen molar-refractivity contribution in [1.82, 2.24) is 0 Å². The Bertz CT molecular complexity index is 1200. The Morgan fingerprint density at radius 2 is 1.13 bits per heavy atom. The molecule has 0 aromatic heterocycles. The molecule has 4 aromatic rings. The highest BCUT2D eigenvalue weighted by Crippen LogP contribution is 2.40. The number of rotatable bonds is 2. The van der Waals surface area contributed by atoms with Gasteiger partial charge in [-0.1, -0.05) is 84.9 Å². The molecule has 0 N–H and O–H groups in total. The molecule has 0 bridgehead atoms. The van der Waals surface area contributed by atoms with Gasteiger partial charge in [0, 0.05) is 16.9 Å². The zero-order chi connectivity index (χ0) is 20.7. The molecule has 1 nitrogen and oxygen atoms in total. The first-order chi connectivity index (χ1) is 14.6. The van der Waals surface area contributed by atoms with Crippen LogP contribution in [0.15, 0.2) is 103 Å². The lowest BCUT2D eigenvalue weighted by Crippen LogP contribution is -2.58. The summed E-state index contributed by atoms with van der Waals surface area (Å²) in [5, 5.41) is 0. The summed E-state index contributed by atoms with van der Waals surface area (Å²) < 4.78 is 42.0. The first-order valence-electron chi connectivity index (χ1n) is 9.74. The Kier molecular flexibility index (Phi) is 4.39. The molecule has 0 aliphatic carbocycles. The van der Waals surface area contributed by atoms with E-state index in [-0.39, 0.29) is 5.46 Å². The van der Waals surface area contributed by atoms with Crippen molar-refractivity contribution in [2.75, 3.05) is 4.81 Å². The molecule has 0 unspecified atom stereocenters. The standard InChI is InChI=1S/C25H17BF3N/c27-25(28,29)21-14-6-8-16-23(21)26-22-15-7-4-12-19(22)20-13-5-9-17-24(20)30(26)18-10-2-1-3-11-18/h1-17H. The monoisotopic (exact) mass is 399 g/mol. The topological polar surface area (TPSA) is 3.24 Å². The smallest absolute Gasteiger partial charge is 0.376 e. The number of hydrogen-bond donors (Lipinski definition) is 0. The van der Waals surface area contributed by atoms with Gasteiger partial charge in [0.05, 0.1) is 5.56 Å². The van der Waals surface area contributed by atoms with Gasteiger partial charge in [0.1, 0.15) is 0 Å². The van der Waals surface area contributed by atoms with E-state index in [1.807, 2.05) is 83.7 Å². The summed E-state index contributed by atoms with van der Waals surface area (Å²) >= 11 is 0. The van der Waals surface area contributed by atoms with Crippen LogP contribution in [-0.2, 0) is 6.18 Å². The van der Waals surface area contributed by atoms with E-state index in [9.17, 15) is 13.2 Å². The average Bonchev–Trinajstić information content (AvgIpc) is 2.78. The normalized spacial score (nSPS) is 13.0. The van der Waals surface area contributed by atoms with Crippen molar-refractivity contribution in [1.29, 1.82) is 0 Å². The first kappa shape index (κ1) is 18.6.